The highest BCUT2D eigenvalue weighted by atomic mass is 16.5. The number of para-hydroxylation sites is 3. The molecule has 1 saturated heterocycles. The van der Waals surface area contributed by atoms with Crippen LogP contribution in [0.15, 0.2) is 48.5 Å². The first-order valence-corrected chi connectivity index (χ1v) is 9.48. The zero-order valence-electron chi connectivity index (χ0n) is 15.9. The maximum Gasteiger partial charge on any atom is 0.222 e. The van der Waals surface area contributed by atoms with E-state index in [9.17, 15) is 4.79 Å². The number of carbonyl (C=O) groups is 1. The minimum atomic E-state index is 0.208. The van der Waals surface area contributed by atoms with Crippen molar-refractivity contribution in [2.75, 3.05) is 13.7 Å². The van der Waals surface area contributed by atoms with Crippen LogP contribution in [0, 0.1) is 0 Å². The molecule has 5 heteroatoms. The highest BCUT2D eigenvalue weighted by Crippen LogP contribution is 2.34. The normalized spacial score (nSPS) is 17.9. The highest BCUT2D eigenvalue weighted by Gasteiger charge is 2.26. The van der Waals surface area contributed by atoms with Gasteiger partial charge in [0.25, 0.3) is 0 Å². The van der Waals surface area contributed by atoms with Crippen molar-refractivity contribution in [1.82, 2.24) is 14.5 Å². The number of aryl methyl sites for hydroxylation is 1. The van der Waals surface area contributed by atoms with E-state index >= 15 is 0 Å². The van der Waals surface area contributed by atoms with Gasteiger partial charge in [-0.2, -0.15) is 0 Å². The van der Waals surface area contributed by atoms with Crippen LogP contribution in [0.4, 0.5) is 0 Å². The number of nitrogens with zero attached hydrogens (tertiary/aromatic N) is 3. The zero-order valence-corrected chi connectivity index (χ0v) is 15.9. The summed E-state index contributed by atoms with van der Waals surface area (Å²) in [6, 6.07) is 16.2. The van der Waals surface area contributed by atoms with Crippen molar-refractivity contribution < 1.29 is 9.53 Å². The molecule has 3 aromatic rings. The van der Waals surface area contributed by atoms with Crippen LogP contribution in [-0.4, -0.2) is 34.0 Å². The molecule has 1 aliphatic heterocycles. The molecule has 27 heavy (non-hydrogen) atoms. The van der Waals surface area contributed by atoms with E-state index in [1.807, 2.05) is 48.3 Å². The molecule has 0 N–H and O–H groups in total. The van der Waals surface area contributed by atoms with Gasteiger partial charge in [0, 0.05) is 20.0 Å². The van der Waals surface area contributed by atoms with E-state index in [4.69, 9.17) is 9.72 Å². The summed E-state index contributed by atoms with van der Waals surface area (Å²) in [5, 5.41) is 0. The topological polar surface area (TPSA) is 47.4 Å². The Labute approximate surface area is 159 Å². The second-order valence-electron chi connectivity index (χ2n) is 7.16. The van der Waals surface area contributed by atoms with Gasteiger partial charge in [-0.05, 0) is 42.5 Å². The molecule has 1 aromatic heterocycles. The predicted molar refractivity (Wildman–Crippen MR) is 106 cm³/mol. The van der Waals surface area contributed by atoms with Gasteiger partial charge in [0.2, 0.25) is 5.91 Å². The number of amides is 1. The SMILES string of the molecule is COc1ccccc1C1CCC(=O)N(Cc2nc3ccccc3n2C)CC1. The van der Waals surface area contributed by atoms with Gasteiger partial charge in [-0.1, -0.05) is 30.3 Å². The number of likely N-dealkylation sites (tertiary alicyclic amines) is 1. The largest absolute Gasteiger partial charge is 0.496 e. The van der Waals surface area contributed by atoms with Gasteiger partial charge in [-0.3, -0.25) is 4.79 Å². The molecular weight excluding hydrogens is 338 g/mol. The lowest BCUT2D eigenvalue weighted by Crippen LogP contribution is -2.30. The van der Waals surface area contributed by atoms with Crippen molar-refractivity contribution in [3.63, 3.8) is 0 Å². The summed E-state index contributed by atoms with van der Waals surface area (Å²) in [5.41, 5.74) is 3.28. The molecule has 0 radical (unpaired) electrons. The minimum Gasteiger partial charge on any atom is -0.496 e. The summed E-state index contributed by atoms with van der Waals surface area (Å²) in [6.45, 7) is 1.30. The third-order valence-corrected chi connectivity index (χ3v) is 5.60. The standard InChI is InChI=1S/C22H25N3O2/c1-24-19-9-5-4-8-18(19)23-21(24)15-25-14-13-16(11-12-22(25)26)17-7-3-6-10-20(17)27-2/h3-10,16H,11-15H2,1-2H3. The van der Waals surface area contributed by atoms with Crippen LogP contribution in [-0.2, 0) is 18.4 Å². The van der Waals surface area contributed by atoms with Gasteiger partial charge in [0.1, 0.15) is 11.6 Å². The van der Waals surface area contributed by atoms with Crippen LogP contribution in [0.25, 0.3) is 11.0 Å². The number of fused-ring (bicyclic) bond motifs is 1. The zero-order chi connectivity index (χ0) is 18.8. The molecular formula is C22H25N3O2. The summed E-state index contributed by atoms with van der Waals surface area (Å²) >= 11 is 0. The van der Waals surface area contributed by atoms with Crippen LogP contribution < -0.4 is 4.74 Å². The maximum absolute atomic E-state index is 12.7. The summed E-state index contributed by atoms with van der Waals surface area (Å²) in [6.07, 6.45) is 2.36. The Hall–Kier alpha value is -2.82. The Morgan fingerprint density at radius 1 is 1.11 bits per heavy atom. The second-order valence-corrected chi connectivity index (χ2v) is 7.16. The van der Waals surface area contributed by atoms with E-state index in [1.54, 1.807) is 7.11 Å². The second kappa shape index (κ2) is 7.43. The number of methoxy groups -OCH3 is 1. The molecule has 2 heterocycles. The molecule has 1 atom stereocenters. The van der Waals surface area contributed by atoms with Crippen LogP contribution in [0.1, 0.15) is 36.6 Å². The van der Waals surface area contributed by atoms with E-state index in [0.29, 0.717) is 18.9 Å². The molecule has 0 spiro atoms. The molecule has 0 bridgehead atoms. The number of hydrogen-bond donors (Lipinski definition) is 0. The molecule has 0 aliphatic carbocycles. The first kappa shape index (κ1) is 17.6. The fourth-order valence-corrected chi connectivity index (χ4v) is 4.03. The van der Waals surface area contributed by atoms with Gasteiger partial charge < -0.3 is 14.2 Å². The molecule has 1 amide bonds. The Morgan fingerprint density at radius 2 is 1.89 bits per heavy atom. The van der Waals surface area contributed by atoms with Crippen LogP contribution in [0.2, 0.25) is 0 Å². The fourth-order valence-electron chi connectivity index (χ4n) is 4.03. The maximum atomic E-state index is 12.7. The molecule has 1 fully saturated rings. The number of imidazole rings is 1. The Morgan fingerprint density at radius 3 is 2.70 bits per heavy atom. The van der Waals surface area contributed by atoms with Crippen molar-refractivity contribution >= 4 is 16.9 Å². The molecule has 140 valence electrons. The number of aromatic nitrogens is 2. The van der Waals surface area contributed by atoms with E-state index in [1.165, 1.54) is 5.56 Å². The van der Waals surface area contributed by atoms with Gasteiger partial charge in [-0.25, -0.2) is 4.98 Å². The highest BCUT2D eigenvalue weighted by molar-refractivity contribution is 5.78. The first-order valence-electron chi connectivity index (χ1n) is 9.48. The van der Waals surface area contributed by atoms with Crippen molar-refractivity contribution in [3.8, 4) is 5.75 Å². The van der Waals surface area contributed by atoms with Crippen molar-refractivity contribution in [2.24, 2.45) is 7.05 Å². The minimum absolute atomic E-state index is 0.208. The summed E-state index contributed by atoms with van der Waals surface area (Å²) in [4.78, 5) is 19.4. The monoisotopic (exact) mass is 363 g/mol. The molecule has 1 aliphatic rings. The first-order chi connectivity index (χ1) is 13.2. The van der Waals surface area contributed by atoms with Crippen molar-refractivity contribution in [2.45, 2.75) is 31.7 Å². The van der Waals surface area contributed by atoms with E-state index in [0.717, 1.165) is 42.0 Å². The third-order valence-electron chi connectivity index (χ3n) is 5.60. The number of benzene rings is 2. The van der Waals surface area contributed by atoms with Gasteiger partial charge in [0.05, 0.1) is 24.7 Å². The lowest BCUT2D eigenvalue weighted by molar-refractivity contribution is -0.131. The molecule has 5 nitrogen and oxygen atoms in total. The number of ether oxygens (including phenoxy) is 1. The summed E-state index contributed by atoms with van der Waals surface area (Å²) in [5.74, 6) is 2.40. The average molecular weight is 363 g/mol. The lowest BCUT2D eigenvalue weighted by atomic mass is 9.91. The number of rotatable bonds is 4. The fraction of sp³-hybridized carbons (Fsp3) is 0.364. The molecule has 1 unspecified atom stereocenters. The van der Waals surface area contributed by atoms with E-state index < -0.39 is 0 Å². The summed E-state index contributed by atoms with van der Waals surface area (Å²) in [7, 11) is 3.73. The number of carbonyl (C=O) groups excluding carboxylic acids is 1. The lowest BCUT2D eigenvalue weighted by Gasteiger charge is -2.21. The average Bonchev–Trinajstić information content (AvgIpc) is 2.90. The third kappa shape index (κ3) is 3.42. The van der Waals surface area contributed by atoms with E-state index in [2.05, 4.69) is 16.7 Å². The van der Waals surface area contributed by atoms with Crippen LogP contribution >= 0.6 is 0 Å². The van der Waals surface area contributed by atoms with Gasteiger partial charge >= 0.3 is 0 Å². The predicted octanol–water partition coefficient (Wildman–Crippen LogP) is 3.88. The Balaban J connectivity index is 1.53. The van der Waals surface area contributed by atoms with Crippen molar-refractivity contribution in [3.05, 3.63) is 59.9 Å². The molecule has 2 aromatic carbocycles. The van der Waals surface area contributed by atoms with Crippen LogP contribution in [0.5, 0.6) is 5.75 Å². The smallest absolute Gasteiger partial charge is 0.222 e. The Kier molecular flexibility index (Phi) is 4.84. The van der Waals surface area contributed by atoms with E-state index in [-0.39, 0.29) is 5.91 Å². The van der Waals surface area contributed by atoms with Gasteiger partial charge in [0.15, 0.2) is 0 Å². The quantitative estimate of drug-likeness (QED) is 0.707. The Bertz CT molecular complexity index is 963. The number of hydrogen-bond acceptors (Lipinski definition) is 3. The van der Waals surface area contributed by atoms with Gasteiger partial charge in [-0.15, -0.1) is 0 Å². The summed E-state index contributed by atoms with van der Waals surface area (Å²) < 4.78 is 7.61. The molecule has 0 saturated carbocycles. The van der Waals surface area contributed by atoms with Crippen molar-refractivity contribution in [1.29, 1.82) is 0 Å². The van der Waals surface area contributed by atoms with Crippen LogP contribution in [0.3, 0.4) is 0 Å². The molecule has 4 rings (SSSR count).